The summed E-state index contributed by atoms with van der Waals surface area (Å²) in [6, 6.07) is 67.0. The third kappa shape index (κ3) is 4.30. The van der Waals surface area contributed by atoms with Crippen LogP contribution in [-0.4, -0.2) is 19.6 Å². The van der Waals surface area contributed by atoms with Crippen LogP contribution in [0.15, 0.2) is 182 Å². The molecule has 0 spiro atoms. The van der Waals surface area contributed by atoms with Gasteiger partial charge in [0.05, 0.1) is 37.0 Å². The van der Waals surface area contributed by atoms with E-state index in [4.69, 9.17) is 0 Å². The van der Waals surface area contributed by atoms with Crippen molar-refractivity contribution >= 4 is 0 Å². The van der Waals surface area contributed by atoms with Crippen LogP contribution in [0.2, 0.25) is 0 Å². The van der Waals surface area contributed by atoms with Crippen molar-refractivity contribution in [3.8, 4) is 0 Å². The van der Waals surface area contributed by atoms with Crippen LogP contribution >= 0.6 is 0 Å². The Morgan fingerprint density at radius 2 is 0.326 bits per heavy atom. The van der Waals surface area contributed by atoms with Crippen LogP contribution in [0.3, 0.4) is 0 Å². The van der Waals surface area contributed by atoms with E-state index in [1.54, 1.807) is 0 Å². The highest BCUT2D eigenvalue weighted by Gasteiger charge is 2.66. The molecule has 0 radical (unpaired) electrons. The first-order valence-electron chi connectivity index (χ1n) is 16.3. The summed E-state index contributed by atoms with van der Waals surface area (Å²) >= 11 is 0. The minimum Gasteiger partial charge on any atom is -0.244 e. The summed E-state index contributed by atoms with van der Waals surface area (Å²) in [6.07, 6.45) is 0.0625. The van der Waals surface area contributed by atoms with Crippen LogP contribution < -0.4 is 0 Å². The van der Waals surface area contributed by atoms with E-state index >= 15 is 0 Å². The summed E-state index contributed by atoms with van der Waals surface area (Å²) < 4.78 is 0. The second-order valence-corrected chi connectivity index (χ2v) is 12.5. The van der Waals surface area contributed by atoms with Crippen molar-refractivity contribution in [1.29, 1.82) is 0 Å². The van der Waals surface area contributed by atoms with Crippen LogP contribution in [0.4, 0.5) is 0 Å². The van der Waals surface area contributed by atoms with Gasteiger partial charge in [-0.15, -0.1) is 0 Å². The van der Waals surface area contributed by atoms with E-state index in [1.165, 1.54) is 33.4 Å². The van der Waals surface area contributed by atoms with Crippen molar-refractivity contribution in [3.63, 3.8) is 0 Å². The summed E-state index contributed by atoms with van der Waals surface area (Å²) in [5.41, 5.74) is 7.85. The van der Waals surface area contributed by atoms with Gasteiger partial charge in [-0.1, -0.05) is 182 Å². The minimum absolute atomic E-state index is 0.0104. The molecule has 0 atom stereocenters. The maximum atomic E-state index is 2.78. The lowest BCUT2D eigenvalue weighted by atomic mass is 9.85. The molecule has 0 saturated carbocycles. The van der Waals surface area contributed by atoms with Crippen molar-refractivity contribution < 1.29 is 0 Å². The Morgan fingerprint density at radius 3 is 0.457 bits per heavy atom. The Balaban J connectivity index is 1.40. The van der Waals surface area contributed by atoms with E-state index in [9.17, 15) is 0 Å². The van der Waals surface area contributed by atoms with Crippen LogP contribution in [0.25, 0.3) is 0 Å². The summed E-state index contributed by atoms with van der Waals surface area (Å²) in [5.74, 6) is 0. The molecule has 224 valence electrons. The Morgan fingerprint density at radius 1 is 0.196 bits per heavy atom. The van der Waals surface area contributed by atoms with Crippen molar-refractivity contribution in [2.24, 2.45) is 0 Å². The Bertz CT molecular complexity index is 1490. The maximum Gasteiger partial charge on any atom is 0.0948 e. The fourth-order valence-corrected chi connectivity index (χ4v) is 8.35. The van der Waals surface area contributed by atoms with Crippen LogP contribution in [-0.2, 0) is 0 Å². The highest BCUT2D eigenvalue weighted by molar-refractivity contribution is 5.38. The third-order valence-corrected chi connectivity index (χ3v) is 9.98. The first kappa shape index (κ1) is 27.5. The average Bonchev–Trinajstić information content (AvgIpc) is 3.14. The molecule has 0 unspecified atom stereocenters. The van der Waals surface area contributed by atoms with Gasteiger partial charge in [-0.05, 0) is 33.4 Å². The van der Waals surface area contributed by atoms with Crippen LogP contribution in [0.5, 0.6) is 0 Å². The van der Waals surface area contributed by atoms with Crippen molar-refractivity contribution in [2.75, 3.05) is 0 Å². The zero-order chi connectivity index (χ0) is 30.5. The SMILES string of the molecule is c1ccc(C2N3C(c4ccccc4)N4C(c5ccccc5)N2C(c2ccccc2)N(C3c2ccccc2)C4c2ccccc2)cc1. The van der Waals surface area contributed by atoms with Gasteiger partial charge in [0.15, 0.2) is 0 Å². The number of rotatable bonds is 6. The molecule has 4 aliphatic rings. The lowest BCUT2D eigenvalue weighted by Crippen LogP contribution is -2.76. The van der Waals surface area contributed by atoms with Crippen molar-refractivity contribution in [1.82, 2.24) is 19.6 Å². The molecule has 4 fully saturated rings. The smallest absolute Gasteiger partial charge is 0.0948 e. The molecule has 6 aromatic rings. The first-order chi connectivity index (χ1) is 22.9. The fraction of sp³-hybridized carbons (Fsp3) is 0.143. The molecule has 4 bridgehead atoms. The van der Waals surface area contributed by atoms with Crippen molar-refractivity contribution in [2.45, 2.75) is 37.0 Å². The minimum atomic E-state index is 0.0104. The molecule has 4 heteroatoms. The van der Waals surface area contributed by atoms with Gasteiger partial charge in [-0.2, -0.15) is 0 Å². The summed E-state index contributed by atoms with van der Waals surface area (Å²) in [5, 5.41) is 0. The lowest BCUT2D eigenvalue weighted by Gasteiger charge is -2.75. The summed E-state index contributed by atoms with van der Waals surface area (Å²) in [6.45, 7) is 0. The highest BCUT2D eigenvalue weighted by atomic mass is 15.8. The zero-order valence-corrected chi connectivity index (χ0v) is 25.6. The lowest BCUT2D eigenvalue weighted by molar-refractivity contribution is -0.390. The quantitative estimate of drug-likeness (QED) is 0.190. The summed E-state index contributed by atoms with van der Waals surface area (Å²) in [7, 11) is 0. The standard InChI is InChI=1S/C42H36N4/c1-7-19-31(20-8-1)37-43-38(32-21-9-2-10-22-32)45-40(34-25-13-4-14-26-34)44(37)41(35-27-15-5-16-28-35)46(39(43)33-23-11-3-12-24-33)42(45)36-29-17-6-18-30-36/h1-30,37-42H. The topological polar surface area (TPSA) is 13.0 Å². The molecule has 10 rings (SSSR count). The van der Waals surface area contributed by atoms with Gasteiger partial charge in [0.1, 0.15) is 0 Å². The van der Waals surface area contributed by atoms with E-state index in [0.29, 0.717) is 0 Å². The van der Waals surface area contributed by atoms with Gasteiger partial charge >= 0.3 is 0 Å². The molecule has 4 nitrogen and oxygen atoms in total. The van der Waals surface area contributed by atoms with Crippen molar-refractivity contribution in [3.05, 3.63) is 215 Å². The third-order valence-electron chi connectivity index (χ3n) is 9.98. The highest BCUT2D eigenvalue weighted by Crippen LogP contribution is 2.68. The van der Waals surface area contributed by atoms with E-state index in [2.05, 4.69) is 202 Å². The van der Waals surface area contributed by atoms with Gasteiger partial charge < -0.3 is 0 Å². The number of hydrogen-bond acceptors (Lipinski definition) is 4. The van der Waals surface area contributed by atoms with Crippen LogP contribution in [0.1, 0.15) is 70.4 Å². The second kappa shape index (κ2) is 11.5. The van der Waals surface area contributed by atoms with Gasteiger partial charge in [0.2, 0.25) is 0 Å². The molecule has 0 aliphatic carbocycles. The van der Waals surface area contributed by atoms with E-state index in [-0.39, 0.29) is 37.0 Å². The Labute approximate surface area is 271 Å². The molecule has 0 amide bonds. The maximum absolute atomic E-state index is 2.78. The van der Waals surface area contributed by atoms with E-state index in [1.807, 2.05) is 0 Å². The molecular weight excluding hydrogens is 560 g/mol. The Hall–Kier alpha value is -4.84. The molecule has 4 heterocycles. The number of benzene rings is 6. The first-order valence-corrected chi connectivity index (χ1v) is 16.3. The predicted molar refractivity (Wildman–Crippen MR) is 182 cm³/mol. The second-order valence-electron chi connectivity index (χ2n) is 12.5. The molecule has 46 heavy (non-hydrogen) atoms. The normalized spacial score (nSPS) is 31.0. The monoisotopic (exact) mass is 596 g/mol. The van der Waals surface area contributed by atoms with Gasteiger partial charge in [0.25, 0.3) is 0 Å². The van der Waals surface area contributed by atoms with Gasteiger partial charge in [0, 0.05) is 0 Å². The Kier molecular flexibility index (Phi) is 6.87. The number of nitrogens with zero attached hydrogens (tertiary/aromatic N) is 4. The van der Waals surface area contributed by atoms with E-state index in [0.717, 1.165) is 0 Å². The van der Waals surface area contributed by atoms with Gasteiger partial charge in [-0.3, -0.25) is 0 Å². The summed E-state index contributed by atoms with van der Waals surface area (Å²) in [4.78, 5) is 11.1. The van der Waals surface area contributed by atoms with E-state index < -0.39 is 0 Å². The zero-order valence-electron chi connectivity index (χ0n) is 25.6. The molecule has 6 aromatic carbocycles. The predicted octanol–water partition coefficient (Wildman–Crippen LogP) is 9.43. The average molecular weight is 597 g/mol. The molecule has 0 aromatic heterocycles. The van der Waals surface area contributed by atoms with Crippen LogP contribution in [0, 0.1) is 0 Å². The largest absolute Gasteiger partial charge is 0.244 e. The molecule has 0 N–H and O–H groups in total. The van der Waals surface area contributed by atoms with Gasteiger partial charge in [-0.25, -0.2) is 19.6 Å². The fourth-order valence-electron chi connectivity index (χ4n) is 8.35. The molecule has 4 aliphatic heterocycles. The molecular formula is C42H36N4. The number of hydrogen-bond donors (Lipinski definition) is 0. The molecule has 4 saturated heterocycles.